The molecule has 1 aromatic carbocycles. The van der Waals surface area contributed by atoms with Crippen LogP contribution in [-0.4, -0.2) is 16.1 Å². The first kappa shape index (κ1) is 13.2. The normalized spacial score (nSPS) is 11.0. The molecule has 2 rings (SSSR count). The highest BCUT2D eigenvalue weighted by Crippen LogP contribution is 2.30. The Morgan fingerprint density at radius 3 is 2.53 bits per heavy atom. The molecule has 100 valence electrons. The SMILES string of the molecule is Cc1ccc(-c2nc(C(F)F)c(C(=O)O)o2)c(C)c1. The van der Waals surface area contributed by atoms with E-state index in [1.54, 1.807) is 19.1 Å². The standard InChI is InChI=1S/C13H11F2NO3/c1-6-3-4-8(7(2)5-6)12-16-9(11(14)15)10(19-12)13(17)18/h3-5,11H,1-2H3,(H,17,18). The molecule has 0 atom stereocenters. The summed E-state index contributed by atoms with van der Waals surface area (Å²) in [7, 11) is 0. The van der Waals surface area contributed by atoms with Gasteiger partial charge in [0.15, 0.2) is 5.69 Å². The number of oxazole rings is 1. The Bertz CT molecular complexity index is 635. The molecule has 0 saturated carbocycles. The van der Waals surface area contributed by atoms with Crippen LogP contribution in [-0.2, 0) is 0 Å². The lowest BCUT2D eigenvalue weighted by molar-refractivity contribution is 0.0647. The Morgan fingerprint density at radius 2 is 2.05 bits per heavy atom. The average Bonchev–Trinajstić information content (AvgIpc) is 2.73. The van der Waals surface area contributed by atoms with Crippen molar-refractivity contribution in [1.29, 1.82) is 0 Å². The highest BCUT2D eigenvalue weighted by Gasteiger charge is 2.27. The van der Waals surface area contributed by atoms with Crippen molar-refractivity contribution < 1.29 is 23.1 Å². The number of halogens is 2. The van der Waals surface area contributed by atoms with Gasteiger partial charge in [-0.15, -0.1) is 0 Å². The van der Waals surface area contributed by atoms with Crippen LogP contribution in [0.2, 0.25) is 0 Å². The van der Waals surface area contributed by atoms with Gasteiger partial charge in [-0.2, -0.15) is 0 Å². The monoisotopic (exact) mass is 267 g/mol. The smallest absolute Gasteiger partial charge is 0.374 e. The molecule has 0 aliphatic carbocycles. The van der Waals surface area contributed by atoms with E-state index in [2.05, 4.69) is 4.98 Å². The van der Waals surface area contributed by atoms with Crippen LogP contribution in [0.3, 0.4) is 0 Å². The van der Waals surface area contributed by atoms with Crippen LogP contribution in [0.1, 0.15) is 33.8 Å². The Hall–Kier alpha value is -2.24. The number of carbonyl (C=O) groups is 1. The molecular formula is C13H11F2NO3. The highest BCUT2D eigenvalue weighted by molar-refractivity contribution is 5.86. The molecule has 19 heavy (non-hydrogen) atoms. The number of rotatable bonds is 3. The van der Waals surface area contributed by atoms with E-state index in [4.69, 9.17) is 9.52 Å². The number of hydrogen-bond acceptors (Lipinski definition) is 3. The summed E-state index contributed by atoms with van der Waals surface area (Å²) in [5, 5.41) is 8.82. The van der Waals surface area contributed by atoms with Crippen LogP contribution in [0.4, 0.5) is 8.78 Å². The predicted molar refractivity (Wildman–Crippen MR) is 63.3 cm³/mol. The minimum absolute atomic E-state index is 0.106. The van der Waals surface area contributed by atoms with E-state index < -0.39 is 23.8 Å². The summed E-state index contributed by atoms with van der Waals surface area (Å²) in [5.74, 6) is -2.48. The highest BCUT2D eigenvalue weighted by atomic mass is 19.3. The number of nitrogens with zero attached hydrogens (tertiary/aromatic N) is 1. The molecular weight excluding hydrogens is 256 g/mol. The van der Waals surface area contributed by atoms with Gasteiger partial charge < -0.3 is 9.52 Å². The predicted octanol–water partition coefficient (Wildman–Crippen LogP) is 3.59. The zero-order chi connectivity index (χ0) is 14.2. The third kappa shape index (κ3) is 2.47. The number of carboxylic acid groups (broad SMARTS) is 1. The van der Waals surface area contributed by atoms with Crippen molar-refractivity contribution in [1.82, 2.24) is 4.98 Å². The van der Waals surface area contributed by atoms with Crippen molar-refractivity contribution in [3.63, 3.8) is 0 Å². The van der Waals surface area contributed by atoms with E-state index in [0.717, 1.165) is 11.1 Å². The Balaban J connectivity index is 2.57. The fraction of sp³-hybridized carbons (Fsp3) is 0.231. The lowest BCUT2D eigenvalue weighted by atomic mass is 10.1. The van der Waals surface area contributed by atoms with Gasteiger partial charge in [-0.25, -0.2) is 18.6 Å². The van der Waals surface area contributed by atoms with Crippen LogP contribution >= 0.6 is 0 Å². The number of carboxylic acids is 1. The van der Waals surface area contributed by atoms with E-state index in [1.165, 1.54) is 0 Å². The second kappa shape index (κ2) is 4.79. The van der Waals surface area contributed by atoms with Crippen LogP contribution in [0.5, 0.6) is 0 Å². The molecule has 1 aromatic heterocycles. The van der Waals surface area contributed by atoms with Crippen molar-refractivity contribution in [3.05, 3.63) is 40.8 Å². The summed E-state index contributed by atoms with van der Waals surface area (Å²) in [6.07, 6.45) is -2.99. The van der Waals surface area contributed by atoms with Crippen molar-refractivity contribution in [2.45, 2.75) is 20.3 Å². The Kier molecular flexibility index (Phi) is 3.33. The molecule has 0 bridgehead atoms. The van der Waals surface area contributed by atoms with Crippen LogP contribution in [0.25, 0.3) is 11.5 Å². The first-order valence-electron chi connectivity index (χ1n) is 5.50. The van der Waals surface area contributed by atoms with Crippen LogP contribution < -0.4 is 0 Å². The molecule has 0 unspecified atom stereocenters. The third-order valence-corrected chi connectivity index (χ3v) is 2.67. The molecule has 4 nitrogen and oxygen atoms in total. The summed E-state index contributed by atoms with van der Waals surface area (Å²) in [6.45, 7) is 3.66. The van der Waals surface area contributed by atoms with E-state index in [1.807, 2.05) is 13.0 Å². The fourth-order valence-electron chi connectivity index (χ4n) is 1.80. The van der Waals surface area contributed by atoms with E-state index in [0.29, 0.717) is 5.56 Å². The van der Waals surface area contributed by atoms with Crippen molar-refractivity contribution >= 4 is 5.97 Å². The fourth-order valence-corrected chi connectivity index (χ4v) is 1.80. The number of alkyl halides is 2. The maximum absolute atomic E-state index is 12.7. The molecule has 6 heteroatoms. The summed E-state index contributed by atoms with van der Waals surface area (Å²) in [5.41, 5.74) is 1.43. The molecule has 1 N–H and O–H groups in total. The molecule has 0 aliphatic heterocycles. The summed E-state index contributed by atoms with van der Waals surface area (Å²) in [6, 6.07) is 5.27. The van der Waals surface area contributed by atoms with Gasteiger partial charge in [-0.3, -0.25) is 0 Å². The average molecular weight is 267 g/mol. The lowest BCUT2D eigenvalue weighted by Crippen LogP contribution is -1.99. The third-order valence-electron chi connectivity index (χ3n) is 2.67. The molecule has 0 fully saturated rings. The topological polar surface area (TPSA) is 63.3 Å². The maximum Gasteiger partial charge on any atom is 0.374 e. The molecule has 0 spiro atoms. The Morgan fingerprint density at radius 1 is 1.37 bits per heavy atom. The van der Waals surface area contributed by atoms with Gasteiger partial charge in [0, 0.05) is 5.56 Å². The van der Waals surface area contributed by atoms with Gasteiger partial charge in [0.25, 0.3) is 6.43 Å². The van der Waals surface area contributed by atoms with E-state index >= 15 is 0 Å². The number of benzene rings is 1. The van der Waals surface area contributed by atoms with E-state index in [9.17, 15) is 13.6 Å². The minimum Gasteiger partial charge on any atom is -0.475 e. The van der Waals surface area contributed by atoms with E-state index in [-0.39, 0.29) is 5.89 Å². The summed E-state index contributed by atoms with van der Waals surface area (Å²) < 4.78 is 30.3. The van der Waals surface area contributed by atoms with Crippen molar-refractivity contribution in [2.24, 2.45) is 0 Å². The number of aromatic nitrogens is 1. The second-order valence-electron chi connectivity index (χ2n) is 4.16. The second-order valence-corrected chi connectivity index (χ2v) is 4.16. The molecule has 0 radical (unpaired) electrons. The van der Waals surface area contributed by atoms with Crippen molar-refractivity contribution in [2.75, 3.05) is 0 Å². The maximum atomic E-state index is 12.7. The summed E-state index contributed by atoms with van der Waals surface area (Å²) >= 11 is 0. The van der Waals surface area contributed by atoms with Gasteiger partial charge in [-0.1, -0.05) is 17.7 Å². The van der Waals surface area contributed by atoms with Crippen LogP contribution in [0.15, 0.2) is 22.6 Å². The quantitative estimate of drug-likeness (QED) is 0.922. The largest absolute Gasteiger partial charge is 0.475 e. The van der Waals surface area contributed by atoms with Gasteiger partial charge in [0.1, 0.15) is 0 Å². The number of aromatic carboxylic acids is 1. The minimum atomic E-state index is -2.99. The molecule has 0 aliphatic rings. The first-order chi connectivity index (χ1) is 8.90. The molecule has 2 aromatic rings. The Labute approximate surface area is 107 Å². The molecule has 1 heterocycles. The zero-order valence-electron chi connectivity index (χ0n) is 10.3. The number of hydrogen-bond donors (Lipinski definition) is 1. The van der Waals surface area contributed by atoms with Crippen LogP contribution in [0, 0.1) is 13.8 Å². The number of aryl methyl sites for hydroxylation is 2. The van der Waals surface area contributed by atoms with Gasteiger partial charge in [-0.05, 0) is 25.5 Å². The molecule has 0 amide bonds. The van der Waals surface area contributed by atoms with Gasteiger partial charge in [0.2, 0.25) is 11.7 Å². The first-order valence-corrected chi connectivity index (χ1v) is 5.50. The van der Waals surface area contributed by atoms with Crippen molar-refractivity contribution in [3.8, 4) is 11.5 Å². The van der Waals surface area contributed by atoms with Gasteiger partial charge >= 0.3 is 5.97 Å². The molecule has 0 saturated heterocycles. The zero-order valence-corrected chi connectivity index (χ0v) is 10.3. The lowest BCUT2D eigenvalue weighted by Gasteiger charge is -2.02. The summed E-state index contributed by atoms with van der Waals surface area (Å²) in [4.78, 5) is 14.4. The van der Waals surface area contributed by atoms with Gasteiger partial charge in [0.05, 0.1) is 0 Å².